The van der Waals surface area contributed by atoms with E-state index in [0.29, 0.717) is 50.8 Å². The van der Waals surface area contributed by atoms with Crippen molar-refractivity contribution in [1.29, 1.82) is 0 Å². The number of esters is 1. The number of primary amides is 1. The van der Waals surface area contributed by atoms with Crippen LogP contribution in [-0.2, 0) is 68.6 Å². The van der Waals surface area contributed by atoms with Crippen LogP contribution in [0.2, 0.25) is 0 Å². The molecule has 22 heteroatoms. The van der Waals surface area contributed by atoms with Crippen LogP contribution in [-0.4, -0.2) is 150 Å². The number of carbonyl (C=O) groups excluding carboxylic acids is 8. The molecule has 0 bridgehead atoms. The third kappa shape index (κ3) is 28.4. The van der Waals surface area contributed by atoms with Crippen LogP contribution >= 0.6 is 0 Å². The first-order valence-corrected chi connectivity index (χ1v) is 21.3. The summed E-state index contributed by atoms with van der Waals surface area (Å²) in [6, 6.07) is 2.34. The number of ketones is 1. The zero-order chi connectivity index (χ0) is 47.7. The number of carbonyl (C=O) groups is 8. The average Bonchev–Trinajstić information content (AvgIpc) is 3.24. The molecule has 0 aromatic heterocycles. The zero-order valence-corrected chi connectivity index (χ0v) is 37.7. The van der Waals surface area contributed by atoms with Gasteiger partial charge < -0.3 is 76.0 Å². The van der Waals surface area contributed by atoms with E-state index in [1.165, 1.54) is 21.0 Å². The fourth-order valence-electron chi connectivity index (χ4n) is 5.47. The van der Waals surface area contributed by atoms with Gasteiger partial charge in [0.05, 0.1) is 52.9 Å². The van der Waals surface area contributed by atoms with E-state index in [4.69, 9.17) is 34.2 Å². The van der Waals surface area contributed by atoms with Crippen molar-refractivity contribution in [2.45, 2.75) is 104 Å². The lowest BCUT2D eigenvalue weighted by Gasteiger charge is -2.27. The van der Waals surface area contributed by atoms with Crippen LogP contribution in [0.25, 0.3) is 0 Å². The second-order valence-corrected chi connectivity index (χ2v) is 14.8. The molecule has 1 unspecified atom stereocenters. The van der Waals surface area contributed by atoms with Crippen molar-refractivity contribution in [3.05, 3.63) is 29.8 Å². The molecule has 7 amide bonds. The predicted octanol–water partition coefficient (Wildman–Crippen LogP) is -0.0660. The monoisotopic (exact) mass is 911 g/mol. The first kappa shape index (κ1) is 56.8. The van der Waals surface area contributed by atoms with E-state index in [9.17, 15) is 43.5 Å². The molecule has 0 aliphatic carbocycles. The van der Waals surface area contributed by atoms with Gasteiger partial charge in [-0.15, -0.1) is 0 Å². The number of hydrogen-bond acceptors (Lipinski definition) is 15. The second-order valence-electron chi connectivity index (χ2n) is 14.8. The molecule has 362 valence electrons. The van der Waals surface area contributed by atoms with Crippen molar-refractivity contribution in [3.8, 4) is 0 Å². The Kier molecular flexibility index (Phi) is 30.3. The van der Waals surface area contributed by atoms with E-state index in [-0.39, 0.29) is 89.6 Å². The minimum Gasteiger partial charge on any atom is -0.461 e. The van der Waals surface area contributed by atoms with E-state index in [2.05, 4.69) is 31.9 Å². The normalized spacial score (nSPS) is 12.9. The summed E-state index contributed by atoms with van der Waals surface area (Å²) >= 11 is 0. The highest BCUT2D eigenvalue weighted by Crippen LogP contribution is 2.13. The van der Waals surface area contributed by atoms with Crippen LogP contribution in [0.1, 0.15) is 78.2 Å². The second kappa shape index (κ2) is 34.2. The van der Waals surface area contributed by atoms with Crippen LogP contribution in [0, 0.1) is 5.92 Å². The molecule has 0 fully saturated rings. The van der Waals surface area contributed by atoms with Gasteiger partial charge in [-0.2, -0.15) is 0 Å². The lowest BCUT2D eigenvalue weighted by Crippen LogP contribution is -2.58. The third-order valence-electron chi connectivity index (χ3n) is 9.00. The van der Waals surface area contributed by atoms with Gasteiger partial charge >= 0.3 is 12.0 Å². The number of ether oxygens (including phenoxy) is 6. The van der Waals surface area contributed by atoms with E-state index in [0.717, 1.165) is 0 Å². The van der Waals surface area contributed by atoms with Gasteiger partial charge in [0.1, 0.15) is 30.5 Å². The molecule has 22 nitrogen and oxygen atoms in total. The van der Waals surface area contributed by atoms with Gasteiger partial charge in [-0.1, -0.05) is 26.0 Å². The number of Topliss-reactive ketones (excluding diaryl/α,β-unsaturated/α-hetero) is 1. The van der Waals surface area contributed by atoms with Gasteiger partial charge in [0.25, 0.3) is 0 Å². The standard InChI is InChI=1S/C42H69N7O15/c1-28(2)38(41(57)48-33(7-6-17-45-42(43)58)39(55)46-32-11-9-31(10-12-32)27-64-30(4)51)49-40(56)34(13-15-37(54)59-5)47-36(53)16-19-60-21-23-62-25-26-63-24-22-61-20-18-44-35(52)14-8-29(3)50/h9-12,28,33-34,37-38,54H,6-8,13-27H2,1-5H3,(H,44,52)(H,46,55)(H,47,53)(H,48,57)(H,49,56)(H3,43,45,58)/t33-,34-,37?,38-/m0/s1. The van der Waals surface area contributed by atoms with Gasteiger partial charge in [-0.25, -0.2) is 4.79 Å². The summed E-state index contributed by atoms with van der Waals surface area (Å²) in [5.74, 6) is -3.65. The summed E-state index contributed by atoms with van der Waals surface area (Å²) in [6.45, 7) is 8.66. The number of aliphatic hydroxyl groups excluding tert-OH is 1. The summed E-state index contributed by atoms with van der Waals surface area (Å²) in [4.78, 5) is 98.6. The van der Waals surface area contributed by atoms with Gasteiger partial charge in [0, 0.05) is 58.5 Å². The molecule has 1 rings (SSSR count). The number of urea groups is 1. The summed E-state index contributed by atoms with van der Waals surface area (Å²) in [6.07, 6.45) is -0.666. The number of benzene rings is 1. The van der Waals surface area contributed by atoms with Crippen molar-refractivity contribution >= 4 is 53.0 Å². The molecule has 1 aromatic carbocycles. The maximum absolute atomic E-state index is 13.7. The first-order chi connectivity index (χ1) is 30.5. The zero-order valence-electron chi connectivity index (χ0n) is 37.7. The smallest absolute Gasteiger partial charge is 0.312 e. The SMILES string of the molecule is COC(O)CC[C@H](NC(=O)CCOCCOCCOCCOCCNC(=O)CCC(C)=O)C(=O)N[C@H](C(=O)N[C@@H](CCCNC(N)=O)C(=O)Nc1ccc(COC(C)=O)cc1)C(C)C. The molecule has 1 aromatic rings. The Hall–Kier alpha value is -5.26. The number of nitrogens with one attached hydrogen (secondary N) is 6. The number of methoxy groups -OCH3 is 1. The molecule has 9 N–H and O–H groups in total. The summed E-state index contributed by atoms with van der Waals surface area (Å²) in [5, 5.41) is 25.9. The Balaban J connectivity index is 2.66. The third-order valence-corrected chi connectivity index (χ3v) is 9.00. The quantitative estimate of drug-likeness (QED) is 0.0248. The molecule has 0 spiro atoms. The first-order valence-electron chi connectivity index (χ1n) is 21.3. The number of aliphatic hydroxyl groups is 1. The maximum Gasteiger partial charge on any atom is 0.312 e. The maximum atomic E-state index is 13.7. The molecule has 4 atom stereocenters. The van der Waals surface area contributed by atoms with Crippen molar-refractivity contribution < 1.29 is 71.9 Å². The van der Waals surface area contributed by atoms with E-state index in [1.807, 2.05) is 0 Å². The molecule has 0 radical (unpaired) electrons. The van der Waals surface area contributed by atoms with Crippen LogP contribution in [0.3, 0.4) is 0 Å². The van der Waals surface area contributed by atoms with Crippen LogP contribution < -0.4 is 37.6 Å². The van der Waals surface area contributed by atoms with Crippen molar-refractivity contribution in [2.75, 3.05) is 78.4 Å². The Morgan fingerprint density at radius 2 is 1.23 bits per heavy atom. The molecule has 0 aliphatic rings. The average molecular weight is 912 g/mol. The predicted molar refractivity (Wildman–Crippen MR) is 231 cm³/mol. The highest BCUT2D eigenvalue weighted by molar-refractivity contribution is 5.99. The van der Waals surface area contributed by atoms with Crippen LogP contribution in [0.15, 0.2) is 24.3 Å². The molecular formula is C42H69N7O15. The lowest BCUT2D eigenvalue weighted by atomic mass is 10.0. The van der Waals surface area contributed by atoms with E-state index in [1.54, 1.807) is 38.1 Å². The molecule has 0 aliphatic heterocycles. The van der Waals surface area contributed by atoms with Gasteiger partial charge in [-0.3, -0.25) is 28.8 Å². The minimum atomic E-state index is -1.22. The van der Waals surface area contributed by atoms with Gasteiger partial charge in [-0.05, 0) is 49.8 Å². The summed E-state index contributed by atoms with van der Waals surface area (Å²) < 4.78 is 31.7. The lowest BCUT2D eigenvalue weighted by molar-refractivity contribution is -0.142. The summed E-state index contributed by atoms with van der Waals surface area (Å²) in [5.41, 5.74) is 6.25. The molecule has 0 saturated heterocycles. The number of anilines is 1. The highest BCUT2D eigenvalue weighted by Gasteiger charge is 2.32. The molecule has 0 heterocycles. The number of rotatable bonds is 36. The van der Waals surface area contributed by atoms with Crippen LogP contribution in [0.4, 0.5) is 10.5 Å². The number of amides is 7. The van der Waals surface area contributed by atoms with Crippen molar-refractivity contribution in [2.24, 2.45) is 11.7 Å². The molecule has 0 saturated carbocycles. The molecule has 64 heavy (non-hydrogen) atoms. The number of hydrogen-bond donors (Lipinski definition) is 8. The van der Waals surface area contributed by atoms with Crippen LogP contribution in [0.5, 0.6) is 0 Å². The number of nitrogens with two attached hydrogens (primary N) is 1. The largest absolute Gasteiger partial charge is 0.461 e. The Morgan fingerprint density at radius 1 is 0.641 bits per heavy atom. The van der Waals surface area contributed by atoms with E-state index >= 15 is 0 Å². The highest BCUT2D eigenvalue weighted by atomic mass is 16.6. The molecular weight excluding hydrogens is 842 g/mol. The Bertz CT molecular complexity index is 1580. The summed E-state index contributed by atoms with van der Waals surface area (Å²) in [7, 11) is 1.29. The van der Waals surface area contributed by atoms with Gasteiger partial charge in [0.15, 0.2) is 6.29 Å². The fourth-order valence-corrected chi connectivity index (χ4v) is 5.47. The van der Waals surface area contributed by atoms with Gasteiger partial charge in [0.2, 0.25) is 29.5 Å². The Morgan fingerprint density at radius 3 is 1.80 bits per heavy atom. The van der Waals surface area contributed by atoms with Crippen molar-refractivity contribution in [3.63, 3.8) is 0 Å². The van der Waals surface area contributed by atoms with E-state index < -0.39 is 66.0 Å². The Labute approximate surface area is 374 Å². The topological polar surface area (TPSA) is 310 Å². The van der Waals surface area contributed by atoms with Crippen molar-refractivity contribution in [1.82, 2.24) is 26.6 Å². The fraction of sp³-hybridized carbons (Fsp3) is 0.667. The minimum absolute atomic E-state index is 0.0170.